The maximum absolute atomic E-state index is 6.50. The zero-order chi connectivity index (χ0) is 70.7. The minimum absolute atomic E-state index is 0.0390. The molecule has 4 aliphatic carbocycles. The van der Waals surface area contributed by atoms with Crippen molar-refractivity contribution in [2.24, 2.45) is 17.8 Å². The van der Waals surface area contributed by atoms with Crippen LogP contribution >= 0.6 is 0 Å². The second-order valence-electron chi connectivity index (χ2n) is 29.7. The maximum Gasteiger partial charge on any atom is 0.292 e. The number of hydrogen-bond acceptors (Lipinski definition) is 8. The average Bonchev–Trinajstić information content (AvgIpc) is 0.688. The van der Waals surface area contributed by atoms with Gasteiger partial charge in [0.15, 0.2) is 24.9 Å². The highest BCUT2D eigenvalue weighted by atomic mass is 16.5. The summed E-state index contributed by atoms with van der Waals surface area (Å²) in [4.78, 5) is 0. The summed E-state index contributed by atoms with van der Waals surface area (Å²) in [5.41, 5.74) is 20.2. The molecule has 12 nitrogen and oxygen atoms in total. The Hall–Kier alpha value is -9.94. The number of methoxy groups -OCH3 is 4. The van der Waals surface area contributed by atoms with Gasteiger partial charge in [-0.15, -0.1) is 0 Å². The second-order valence-corrected chi connectivity index (χ2v) is 29.7. The Morgan fingerprint density at radius 2 is 0.703 bits per heavy atom. The maximum atomic E-state index is 6.50. The summed E-state index contributed by atoms with van der Waals surface area (Å²) >= 11 is 0. The smallest absolute Gasteiger partial charge is 0.292 e. The molecule has 4 saturated carbocycles. The molecule has 4 fully saturated rings. The van der Waals surface area contributed by atoms with Crippen LogP contribution in [0.25, 0.3) is 0 Å². The Labute approximate surface area is 598 Å². The average molecular weight is 1350 g/mol. The Morgan fingerprint density at radius 1 is 0.376 bits per heavy atom. The van der Waals surface area contributed by atoms with Gasteiger partial charge in [-0.1, -0.05) is 138 Å². The van der Waals surface area contributed by atoms with E-state index >= 15 is 0 Å². The summed E-state index contributed by atoms with van der Waals surface area (Å²) in [6, 6.07) is 60.8. The van der Waals surface area contributed by atoms with Crippen molar-refractivity contribution in [3.8, 4) is 46.0 Å². The molecule has 4 heterocycles. The summed E-state index contributed by atoms with van der Waals surface area (Å²) in [7, 11) is 6.90. The summed E-state index contributed by atoms with van der Waals surface area (Å²) in [5, 5.41) is 0. The van der Waals surface area contributed by atoms with Gasteiger partial charge in [0, 0.05) is 68.6 Å². The summed E-state index contributed by atoms with van der Waals surface area (Å²) in [6.07, 6.45) is 18.1. The predicted octanol–water partition coefficient (Wildman–Crippen LogP) is 19.3. The van der Waals surface area contributed by atoms with E-state index in [1.807, 2.05) is 43.3 Å². The third kappa shape index (κ3) is 14.4. The second kappa shape index (κ2) is 29.3. The highest BCUT2D eigenvalue weighted by Crippen LogP contribution is 2.63. The SMILES string of the molecule is CCC(C)(C)c1cc(OC)cc2c1OC[N+](c1ccccc1C)=C2.COc1cc(C)c2c(c1)C=[N+](c1ccccc1C)CO2.COc1cc2c(c(C(C)(C)c3ccccc3)c1)OC[N+](c1ccccc1C)=C2.COc1cc2c(c(C34CC5CC(CC(C5)C3)C4)c1)OC[N+](c1ccccc1C)=C2. The molecule has 0 amide bonds. The van der Waals surface area contributed by atoms with E-state index in [-0.39, 0.29) is 10.8 Å². The van der Waals surface area contributed by atoms with Crippen molar-refractivity contribution in [3.05, 3.63) is 248 Å². The van der Waals surface area contributed by atoms with Gasteiger partial charge in [0.2, 0.25) is 22.7 Å². The molecule has 4 bridgehead atoms. The van der Waals surface area contributed by atoms with Crippen molar-refractivity contribution >= 4 is 47.6 Å². The van der Waals surface area contributed by atoms with Crippen LogP contribution in [0, 0.1) is 52.4 Å². The van der Waals surface area contributed by atoms with Gasteiger partial charge >= 0.3 is 0 Å². The number of nitrogens with zero attached hydrogens (tertiary/aromatic N) is 4. The Bertz CT molecular complexity index is 4660. The third-order valence-corrected chi connectivity index (χ3v) is 22.2. The van der Waals surface area contributed by atoms with Crippen LogP contribution in [0.4, 0.5) is 22.7 Å². The Balaban J connectivity index is 0.000000122. The zero-order valence-electron chi connectivity index (χ0n) is 61.6. The molecule has 520 valence electrons. The monoisotopic (exact) mass is 1350 g/mol. The molecule has 0 radical (unpaired) electrons. The quantitative estimate of drug-likeness (QED) is 0.106. The molecule has 9 aromatic carbocycles. The first-order chi connectivity index (χ1) is 48.8. The van der Waals surface area contributed by atoms with Crippen molar-refractivity contribution in [3.63, 3.8) is 0 Å². The summed E-state index contributed by atoms with van der Waals surface area (Å²) in [6.45, 7) is 23.8. The van der Waals surface area contributed by atoms with Crippen LogP contribution in [0.1, 0.15) is 152 Å². The lowest BCUT2D eigenvalue weighted by Crippen LogP contribution is -2.48. The molecule has 17 rings (SSSR count). The van der Waals surface area contributed by atoms with Crippen molar-refractivity contribution in [1.82, 2.24) is 0 Å². The lowest BCUT2D eigenvalue weighted by Gasteiger charge is -2.57. The molecule has 0 saturated heterocycles. The van der Waals surface area contributed by atoms with Crippen LogP contribution in [0.3, 0.4) is 0 Å². The van der Waals surface area contributed by atoms with E-state index < -0.39 is 0 Å². The molecule has 0 atom stereocenters. The Morgan fingerprint density at radius 3 is 1.10 bits per heavy atom. The minimum Gasteiger partial charge on any atom is -0.497 e. The standard InChI is InChI=1S/C26H30NO2.C25H26NO2.C21H26NO2.C17H18NO2/c1-17-5-3-4-6-24(17)27-15-21-10-22(28-2)11-23(25(21)29-16-27)26-12-18-7-19(13-26)9-20(8-18)14-26;1-18-10-8-9-13-23(18)26-16-19-14-21(27-4)15-22(24(19)28-17-26)25(2,3)20-11-6-5-7-12-20;1-6-21(3,4)18-12-17(23-5)11-16-13-22(14-24-20(16)18)19-10-8-7-9-15(19)2;1-12-6-4-5-7-16(12)18-10-14-9-15(19-3)8-13(2)17(14)20-11-18/h3-6,10-11,15,18-20H,7-9,12-14,16H2,1-2H3;5-16H,17H2,1-4H3;7-13H,6,14H2,1-5H3;4-10H,11H2,1-3H3/q4*+1. The minimum atomic E-state index is -0.210. The molecule has 101 heavy (non-hydrogen) atoms. The van der Waals surface area contributed by atoms with Gasteiger partial charge in [-0.25, -0.2) is 0 Å². The first-order valence-corrected chi connectivity index (χ1v) is 35.9. The van der Waals surface area contributed by atoms with Crippen LogP contribution in [0.15, 0.2) is 176 Å². The molecule has 0 N–H and O–H groups in total. The number of ether oxygens (including phenoxy) is 8. The summed E-state index contributed by atoms with van der Waals surface area (Å²) in [5.74, 6) is 10.2. The van der Waals surface area contributed by atoms with Crippen molar-refractivity contribution in [2.45, 2.75) is 130 Å². The van der Waals surface area contributed by atoms with Gasteiger partial charge in [-0.2, -0.15) is 18.3 Å². The molecular weight excluding hydrogens is 1250 g/mol. The molecule has 9 aromatic rings. The van der Waals surface area contributed by atoms with Crippen LogP contribution in [0.2, 0.25) is 0 Å². The van der Waals surface area contributed by atoms with E-state index in [2.05, 4.69) is 245 Å². The number of fused-ring (bicyclic) bond motifs is 4. The van der Waals surface area contributed by atoms with Crippen LogP contribution in [-0.4, -0.2) is 98.5 Å². The lowest BCUT2D eigenvalue weighted by atomic mass is 9.48. The molecule has 8 aliphatic rings. The molecule has 4 aliphatic heterocycles. The topological polar surface area (TPSA) is 85.9 Å². The number of aryl methyl sites for hydroxylation is 5. The predicted molar refractivity (Wildman–Crippen MR) is 405 cm³/mol. The van der Waals surface area contributed by atoms with Crippen molar-refractivity contribution < 1.29 is 56.2 Å². The van der Waals surface area contributed by atoms with Gasteiger partial charge in [-0.05, 0) is 168 Å². The van der Waals surface area contributed by atoms with E-state index in [9.17, 15) is 0 Å². The molecule has 0 unspecified atom stereocenters. The third-order valence-electron chi connectivity index (χ3n) is 22.2. The fourth-order valence-corrected chi connectivity index (χ4v) is 16.6. The fourth-order valence-electron chi connectivity index (χ4n) is 16.6. The first kappa shape index (κ1) is 69.5. The summed E-state index contributed by atoms with van der Waals surface area (Å²) < 4.78 is 55.8. The molecule has 0 aromatic heterocycles. The van der Waals surface area contributed by atoms with E-state index in [0.717, 1.165) is 109 Å². The highest BCUT2D eigenvalue weighted by Gasteiger charge is 2.53. The normalized spacial score (nSPS) is 18.7. The van der Waals surface area contributed by atoms with Gasteiger partial charge in [-0.3, -0.25) is 0 Å². The first-order valence-electron chi connectivity index (χ1n) is 35.9. The van der Waals surface area contributed by atoms with Gasteiger partial charge < -0.3 is 37.9 Å². The van der Waals surface area contributed by atoms with Crippen LogP contribution in [-0.2, 0) is 16.2 Å². The van der Waals surface area contributed by atoms with Crippen LogP contribution in [0.5, 0.6) is 46.0 Å². The van der Waals surface area contributed by atoms with E-state index in [1.54, 1.807) is 28.4 Å². The number of rotatable bonds is 13. The molecule has 12 heteroatoms. The Kier molecular flexibility index (Phi) is 20.2. The van der Waals surface area contributed by atoms with Gasteiger partial charge in [0.05, 0.1) is 50.7 Å². The van der Waals surface area contributed by atoms with Gasteiger partial charge in [0.1, 0.15) is 46.0 Å². The number of para-hydroxylation sites is 4. The van der Waals surface area contributed by atoms with Crippen molar-refractivity contribution in [2.75, 3.05) is 55.4 Å². The van der Waals surface area contributed by atoms with Crippen LogP contribution < -0.4 is 37.9 Å². The number of benzene rings is 9. The molecule has 0 spiro atoms. The van der Waals surface area contributed by atoms with Gasteiger partial charge in [0.25, 0.3) is 26.9 Å². The number of hydrogen-bond donors (Lipinski definition) is 0. The van der Waals surface area contributed by atoms with E-state index in [4.69, 9.17) is 37.9 Å². The van der Waals surface area contributed by atoms with Crippen molar-refractivity contribution in [1.29, 1.82) is 0 Å². The fraction of sp³-hybridized carbons (Fsp3) is 0.348. The van der Waals surface area contributed by atoms with E-state index in [1.165, 1.54) is 94.5 Å². The lowest BCUT2D eigenvalue weighted by molar-refractivity contribution is -0.476. The largest absolute Gasteiger partial charge is 0.497 e. The molecular formula is C89H100N4O8+4. The van der Waals surface area contributed by atoms with E-state index in [0.29, 0.717) is 32.3 Å². The highest BCUT2D eigenvalue weighted by molar-refractivity contribution is 5.86. The zero-order valence-corrected chi connectivity index (χ0v) is 61.6.